The van der Waals surface area contributed by atoms with E-state index < -0.39 is 0 Å². The van der Waals surface area contributed by atoms with Gasteiger partial charge in [-0.15, -0.1) is 0 Å². The van der Waals surface area contributed by atoms with Crippen LogP contribution >= 0.6 is 0 Å². The molecule has 0 N–H and O–H groups in total. The first kappa shape index (κ1) is 22.4. The van der Waals surface area contributed by atoms with E-state index in [2.05, 4.69) is 18.6 Å². The molecule has 1 aliphatic heterocycles. The predicted molar refractivity (Wildman–Crippen MR) is 86.3 cm³/mol. The summed E-state index contributed by atoms with van der Waals surface area (Å²) in [6.45, 7) is 12.9. The van der Waals surface area contributed by atoms with E-state index in [4.69, 9.17) is 4.74 Å². The average Bonchev–Trinajstić information content (AvgIpc) is 2.94. The Balaban J connectivity index is 0. The minimum Gasteiger partial charge on any atom is -0.469 e. The van der Waals surface area contributed by atoms with Crippen molar-refractivity contribution in [1.29, 1.82) is 0 Å². The Morgan fingerprint density at radius 3 is 1.90 bits per heavy atom. The maximum Gasteiger partial charge on any atom is 0.305 e. The van der Waals surface area contributed by atoms with Gasteiger partial charge in [-0.25, -0.2) is 0 Å². The first-order valence-electron chi connectivity index (χ1n) is 8.07. The molecule has 0 aliphatic carbocycles. The summed E-state index contributed by atoms with van der Waals surface area (Å²) in [7, 11) is 1.41. The van der Waals surface area contributed by atoms with Crippen LogP contribution in [0.3, 0.4) is 0 Å². The van der Waals surface area contributed by atoms with Gasteiger partial charge in [0.05, 0.1) is 7.11 Å². The number of methoxy groups -OCH3 is 1. The van der Waals surface area contributed by atoms with Crippen LogP contribution in [0.2, 0.25) is 0 Å². The van der Waals surface area contributed by atoms with E-state index in [-0.39, 0.29) is 17.9 Å². The third-order valence-corrected chi connectivity index (χ3v) is 2.70. The number of carbonyl (C=O) groups is 2. The van der Waals surface area contributed by atoms with Gasteiger partial charge >= 0.3 is 5.97 Å². The van der Waals surface area contributed by atoms with E-state index in [0.717, 1.165) is 19.4 Å². The lowest BCUT2D eigenvalue weighted by Gasteiger charge is -2.09. The molecule has 0 amide bonds. The largest absolute Gasteiger partial charge is 0.469 e. The molecule has 1 atom stereocenters. The van der Waals surface area contributed by atoms with Crippen LogP contribution in [0.5, 0.6) is 0 Å². The van der Waals surface area contributed by atoms with E-state index in [1.807, 2.05) is 27.7 Å². The normalized spacial score (nSPS) is 16.7. The molecule has 126 valence electrons. The van der Waals surface area contributed by atoms with Gasteiger partial charge in [-0.2, -0.15) is 0 Å². The molecule has 0 aromatic carbocycles. The van der Waals surface area contributed by atoms with Crippen LogP contribution in [-0.2, 0) is 19.1 Å². The molecule has 0 bridgehead atoms. The zero-order valence-corrected chi connectivity index (χ0v) is 14.9. The highest BCUT2D eigenvalue weighted by Gasteiger charge is 2.23. The summed E-state index contributed by atoms with van der Waals surface area (Å²) in [4.78, 5) is 21.7. The molecule has 1 saturated heterocycles. The summed E-state index contributed by atoms with van der Waals surface area (Å²) in [5, 5.41) is 0. The number of hydrogen-bond acceptors (Lipinski definition) is 4. The smallest absolute Gasteiger partial charge is 0.305 e. The van der Waals surface area contributed by atoms with Gasteiger partial charge in [0.15, 0.2) is 5.78 Å². The average molecular weight is 302 g/mol. The minimum absolute atomic E-state index is 0.0719. The fourth-order valence-corrected chi connectivity index (χ4v) is 1.78. The van der Waals surface area contributed by atoms with Crippen LogP contribution < -0.4 is 0 Å². The zero-order chi connectivity index (χ0) is 16.8. The van der Waals surface area contributed by atoms with Crippen molar-refractivity contribution in [1.82, 2.24) is 0 Å². The first-order valence-corrected chi connectivity index (χ1v) is 8.07. The Labute approximate surface area is 130 Å². The fraction of sp³-hybridized carbons (Fsp3) is 0.882. The van der Waals surface area contributed by atoms with Crippen LogP contribution in [0.15, 0.2) is 0 Å². The molecule has 21 heavy (non-hydrogen) atoms. The molecule has 0 spiro atoms. The molecule has 1 fully saturated rings. The van der Waals surface area contributed by atoms with Crippen molar-refractivity contribution in [2.75, 3.05) is 13.7 Å². The van der Waals surface area contributed by atoms with Crippen molar-refractivity contribution in [2.24, 2.45) is 11.8 Å². The van der Waals surface area contributed by atoms with Gasteiger partial charge in [0.2, 0.25) is 0 Å². The van der Waals surface area contributed by atoms with E-state index in [1.165, 1.54) is 7.11 Å². The van der Waals surface area contributed by atoms with Crippen molar-refractivity contribution >= 4 is 11.8 Å². The molecular formula is C17H34O4. The maximum atomic E-state index is 11.3. The van der Waals surface area contributed by atoms with E-state index in [9.17, 15) is 9.59 Å². The third-order valence-electron chi connectivity index (χ3n) is 2.70. The zero-order valence-electron chi connectivity index (χ0n) is 14.9. The first-order chi connectivity index (χ1) is 9.86. The molecule has 4 heteroatoms. The van der Waals surface area contributed by atoms with E-state index in [0.29, 0.717) is 24.7 Å². The predicted octanol–water partition coefficient (Wildman–Crippen LogP) is 4.01. The minimum atomic E-state index is -0.125. The highest BCUT2D eigenvalue weighted by atomic mass is 16.5. The molecule has 1 heterocycles. The van der Waals surface area contributed by atoms with Gasteiger partial charge in [-0.05, 0) is 24.7 Å². The van der Waals surface area contributed by atoms with E-state index >= 15 is 0 Å². The van der Waals surface area contributed by atoms with Gasteiger partial charge in [-0.3, -0.25) is 9.59 Å². The Kier molecular flexibility index (Phi) is 15.0. The number of rotatable bonds is 5. The lowest BCUT2D eigenvalue weighted by atomic mass is 10.0. The molecule has 0 aromatic heterocycles. The summed E-state index contributed by atoms with van der Waals surface area (Å²) in [5.74, 6) is 1.03. The number of ether oxygens (including phenoxy) is 2. The summed E-state index contributed by atoms with van der Waals surface area (Å²) < 4.78 is 9.69. The Morgan fingerprint density at radius 1 is 1.10 bits per heavy atom. The van der Waals surface area contributed by atoms with Crippen LogP contribution in [-0.4, -0.2) is 31.6 Å². The molecular weight excluding hydrogens is 268 g/mol. The highest BCUT2D eigenvalue weighted by molar-refractivity contribution is 5.83. The van der Waals surface area contributed by atoms with Crippen LogP contribution in [0, 0.1) is 11.8 Å². The summed E-state index contributed by atoms with van der Waals surface area (Å²) in [6.07, 6.45) is 3.11. The van der Waals surface area contributed by atoms with Gasteiger partial charge in [0.25, 0.3) is 0 Å². The summed E-state index contributed by atoms with van der Waals surface area (Å²) >= 11 is 0. The lowest BCUT2D eigenvalue weighted by Crippen LogP contribution is -2.20. The molecule has 1 aliphatic rings. The number of ketones is 1. The third kappa shape index (κ3) is 13.8. The van der Waals surface area contributed by atoms with Gasteiger partial charge in [0, 0.05) is 19.4 Å². The SMILES string of the molecule is CC.CC(C)CC(=O)C1CCCO1.COC(=O)CC(C)C. The van der Waals surface area contributed by atoms with Gasteiger partial charge < -0.3 is 9.47 Å². The highest BCUT2D eigenvalue weighted by Crippen LogP contribution is 2.16. The van der Waals surface area contributed by atoms with Crippen LogP contribution in [0.4, 0.5) is 0 Å². The van der Waals surface area contributed by atoms with Crippen molar-refractivity contribution in [3.63, 3.8) is 0 Å². The van der Waals surface area contributed by atoms with Crippen LogP contribution in [0.1, 0.15) is 67.2 Å². The second kappa shape index (κ2) is 14.1. The Hall–Kier alpha value is -0.900. The van der Waals surface area contributed by atoms with Crippen LogP contribution in [0.25, 0.3) is 0 Å². The Bertz CT molecular complexity index is 266. The van der Waals surface area contributed by atoms with Crippen molar-refractivity contribution in [3.05, 3.63) is 0 Å². The fourth-order valence-electron chi connectivity index (χ4n) is 1.78. The molecule has 0 radical (unpaired) electrons. The number of Topliss-reactive ketones (excluding diaryl/α,β-unsaturated/α-hetero) is 1. The number of carbonyl (C=O) groups excluding carboxylic acids is 2. The standard InChI is InChI=1S/C9H16O2.C6H12O2.C2H6/c1-7(2)6-8(10)9-4-3-5-11-9;1-5(2)4-6(7)8-3;1-2/h7,9H,3-6H2,1-2H3;5H,4H2,1-3H3;1-2H3. The molecule has 1 unspecified atom stereocenters. The lowest BCUT2D eigenvalue weighted by molar-refractivity contribution is -0.141. The van der Waals surface area contributed by atoms with Crippen molar-refractivity contribution in [2.45, 2.75) is 73.3 Å². The van der Waals surface area contributed by atoms with E-state index in [1.54, 1.807) is 0 Å². The van der Waals surface area contributed by atoms with Gasteiger partial charge in [0.1, 0.15) is 6.10 Å². The topological polar surface area (TPSA) is 52.6 Å². The molecule has 0 aromatic rings. The van der Waals surface area contributed by atoms with Crippen molar-refractivity contribution in [3.8, 4) is 0 Å². The quantitative estimate of drug-likeness (QED) is 0.720. The second-order valence-corrected chi connectivity index (χ2v) is 5.74. The number of hydrogen-bond donors (Lipinski definition) is 0. The van der Waals surface area contributed by atoms with Gasteiger partial charge in [-0.1, -0.05) is 41.5 Å². The monoisotopic (exact) mass is 302 g/mol. The summed E-state index contributed by atoms with van der Waals surface area (Å²) in [6, 6.07) is 0. The second-order valence-electron chi connectivity index (χ2n) is 5.74. The molecule has 1 rings (SSSR count). The Morgan fingerprint density at radius 2 is 1.62 bits per heavy atom. The maximum absolute atomic E-state index is 11.3. The number of esters is 1. The molecule has 0 saturated carbocycles. The summed E-state index contributed by atoms with van der Waals surface area (Å²) in [5.41, 5.74) is 0. The van der Waals surface area contributed by atoms with Crippen molar-refractivity contribution < 1.29 is 19.1 Å². The molecule has 4 nitrogen and oxygen atoms in total.